The quantitative estimate of drug-likeness (QED) is 0.178. The lowest BCUT2D eigenvalue weighted by Crippen LogP contribution is -2.11. The maximum atomic E-state index is 2.42. The lowest BCUT2D eigenvalue weighted by Gasteiger charge is -2.28. The number of nitrogens with zero attached hydrogens (tertiary/aromatic N) is 1. The Kier molecular flexibility index (Phi) is 6.61. The average molecular weight is 660 g/mol. The lowest BCUT2D eigenvalue weighted by molar-refractivity contribution is 1.29. The van der Waals surface area contributed by atoms with Crippen molar-refractivity contribution in [3.8, 4) is 22.3 Å². The van der Waals surface area contributed by atoms with Crippen LogP contribution in [0, 0.1) is 0 Å². The van der Waals surface area contributed by atoms with Gasteiger partial charge in [0.05, 0.1) is 5.69 Å². The Morgan fingerprint density at radius 2 is 1.02 bits per heavy atom. The van der Waals surface area contributed by atoms with Crippen LogP contribution in [0.25, 0.3) is 73.4 Å². The van der Waals surface area contributed by atoms with Crippen LogP contribution in [0.5, 0.6) is 0 Å². The minimum absolute atomic E-state index is 1.13. The SMILES string of the molecule is c1ccc(-c2ccccc2N(c2ccc(-c3cccc4sc5c6ccccc6ccc5c34)cc2)c2ccc3c(c2)sc2ccccc23)cc1. The molecule has 0 saturated heterocycles. The molecular formula is C46H29NS2. The summed E-state index contributed by atoms with van der Waals surface area (Å²) < 4.78 is 5.29. The standard InChI is InChI=1S/C46H29NS2/c1-2-11-30(12-3-1)35-14-6-8-18-41(35)47(34-26-28-39-38-16-7-9-19-42(38)48-44(39)29-34)33-24-21-32(22-25-33)36-17-10-20-43-45(36)40-27-23-31-13-4-5-15-37(31)46(40)49-43/h1-29H. The van der Waals surface area contributed by atoms with Crippen molar-refractivity contribution < 1.29 is 0 Å². The zero-order valence-corrected chi connectivity index (χ0v) is 28.1. The molecule has 0 fully saturated rings. The molecule has 0 aliphatic carbocycles. The molecule has 2 heterocycles. The summed E-state index contributed by atoms with van der Waals surface area (Å²) in [7, 11) is 0. The molecule has 0 atom stereocenters. The topological polar surface area (TPSA) is 3.24 Å². The molecule has 49 heavy (non-hydrogen) atoms. The van der Waals surface area contributed by atoms with Crippen molar-refractivity contribution >= 4 is 90.9 Å². The van der Waals surface area contributed by atoms with Crippen LogP contribution in [0.2, 0.25) is 0 Å². The summed E-state index contributed by atoms with van der Waals surface area (Å²) >= 11 is 3.76. The number of benzene rings is 8. The minimum atomic E-state index is 1.13. The first-order valence-electron chi connectivity index (χ1n) is 16.6. The summed E-state index contributed by atoms with van der Waals surface area (Å²) in [5.41, 5.74) is 8.32. The average Bonchev–Trinajstić information content (AvgIpc) is 3.74. The summed E-state index contributed by atoms with van der Waals surface area (Å²) in [6.45, 7) is 0. The second kappa shape index (κ2) is 11.5. The van der Waals surface area contributed by atoms with Crippen LogP contribution in [0.15, 0.2) is 176 Å². The van der Waals surface area contributed by atoms with Gasteiger partial charge in [0.2, 0.25) is 0 Å². The molecule has 3 heteroatoms. The molecule has 8 aromatic carbocycles. The van der Waals surface area contributed by atoms with Gasteiger partial charge in [0.1, 0.15) is 0 Å². The largest absolute Gasteiger partial charge is 0.310 e. The molecule has 0 saturated carbocycles. The zero-order chi connectivity index (χ0) is 32.3. The monoisotopic (exact) mass is 659 g/mol. The van der Waals surface area contributed by atoms with Crippen LogP contribution in [0.4, 0.5) is 17.1 Å². The van der Waals surface area contributed by atoms with Gasteiger partial charge in [-0.05, 0) is 69.9 Å². The van der Waals surface area contributed by atoms with Crippen molar-refractivity contribution in [1.29, 1.82) is 0 Å². The molecule has 0 radical (unpaired) electrons. The van der Waals surface area contributed by atoms with E-state index in [0.29, 0.717) is 0 Å². The van der Waals surface area contributed by atoms with Gasteiger partial charge in [0.25, 0.3) is 0 Å². The first-order valence-corrected chi connectivity index (χ1v) is 18.2. The van der Waals surface area contributed by atoms with Crippen LogP contribution in [-0.4, -0.2) is 0 Å². The predicted octanol–water partition coefficient (Wildman–Crippen LogP) is 14.4. The van der Waals surface area contributed by atoms with Gasteiger partial charge < -0.3 is 4.90 Å². The first-order chi connectivity index (χ1) is 24.3. The molecule has 10 aromatic rings. The van der Waals surface area contributed by atoms with Gasteiger partial charge in [-0.1, -0.05) is 133 Å². The third-order valence-electron chi connectivity index (χ3n) is 9.67. The van der Waals surface area contributed by atoms with E-state index in [4.69, 9.17) is 0 Å². The maximum Gasteiger partial charge on any atom is 0.0540 e. The van der Waals surface area contributed by atoms with Gasteiger partial charge in [0, 0.05) is 57.3 Å². The van der Waals surface area contributed by atoms with E-state index in [-0.39, 0.29) is 0 Å². The van der Waals surface area contributed by atoms with Gasteiger partial charge in [-0.15, -0.1) is 22.7 Å². The second-order valence-electron chi connectivity index (χ2n) is 12.5. The zero-order valence-electron chi connectivity index (χ0n) is 26.5. The first kappa shape index (κ1) is 28.3. The normalized spacial score (nSPS) is 11.7. The number of rotatable bonds is 5. The fraction of sp³-hybridized carbons (Fsp3) is 0. The number of hydrogen-bond donors (Lipinski definition) is 0. The van der Waals surface area contributed by atoms with Crippen molar-refractivity contribution in [3.63, 3.8) is 0 Å². The predicted molar refractivity (Wildman–Crippen MR) is 215 cm³/mol. The summed E-state index contributed by atoms with van der Waals surface area (Å²) in [5.74, 6) is 0. The van der Waals surface area contributed by atoms with Gasteiger partial charge in [0.15, 0.2) is 0 Å². The molecular weight excluding hydrogens is 631 g/mol. The Hall–Kier alpha value is -5.74. The smallest absolute Gasteiger partial charge is 0.0540 e. The highest BCUT2D eigenvalue weighted by molar-refractivity contribution is 7.27. The molecule has 1 nitrogen and oxygen atoms in total. The molecule has 0 aliphatic rings. The highest BCUT2D eigenvalue weighted by atomic mass is 32.1. The molecule has 0 N–H and O–H groups in total. The highest BCUT2D eigenvalue weighted by Gasteiger charge is 2.19. The Balaban J connectivity index is 1.15. The molecule has 2 aromatic heterocycles. The summed E-state index contributed by atoms with van der Waals surface area (Å²) in [4.78, 5) is 2.42. The Morgan fingerprint density at radius 1 is 0.367 bits per heavy atom. The third-order valence-corrected chi connectivity index (χ3v) is 12.0. The van der Waals surface area contributed by atoms with Crippen molar-refractivity contribution in [2.24, 2.45) is 0 Å². The summed E-state index contributed by atoms with van der Waals surface area (Å²) in [6, 6.07) is 64.3. The minimum Gasteiger partial charge on any atom is -0.310 e. The Labute approximate surface area is 292 Å². The molecule has 0 spiro atoms. The Bertz CT molecular complexity index is 2830. The number of hydrogen-bond acceptors (Lipinski definition) is 3. The number of anilines is 3. The van der Waals surface area contributed by atoms with Crippen molar-refractivity contribution in [2.75, 3.05) is 4.90 Å². The third kappa shape index (κ3) is 4.66. The van der Waals surface area contributed by atoms with Gasteiger partial charge in [-0.25, -0.2) is 0 Å². The van der Waals surface area contributed by atoms with Gasteiger partial charge in [-0.2, -0.15) is 0 Å². The lowest BCUT2D eigenvalue weighted by atomic mass is 9.97. The number of para-hydroxylation sites is 1. The molecule has 0 aliphatic heterocycles. The van der Waals surface area contributed by atoms with E-state index in [1.54, 1.807) is 0 Å². The fourth-order valence-electron chi connectivity index (χ4n) is 7.40. The van der Waals surface area contributed by atoms with E-state index in [2.05, 4.69) is 181 Å². The molecule has 230 valence electrons. The number of thiophene rings is 2. The van der Waals surface area contributed by atoms with Crippen LogP contribution in [0.1, 0.15) is 0 Å². The van der Waals surface area contributed by atoms with E-state index in [9.17, 15) is 0 Å². The molecule has 0 unspecified atom stereocenters. The van der Waals surface area contributed by atoms with Crippen molar-refractivity contribution in [2.45, 2.75) is 0 Å². The fourth-order valence-corrected chi connectivity index (χ4v) is 9.80. The Morgan fingerprint density at radius 3 is 1.92 bits per heavy atom. The van der Waals surface area contributed by atoms with Crippen molar-refractivity contribution in [3.05, 3.63) is 176 Å². The van der Waals surface area contributed by atoms with E-state index >= 15 is 0 Å². The van der Waals surface area contributed by atoms with E-state index < -0.39 is 0 Å². The van der Waals surface area contributed by atoms with Gasteiger partial charge >= 0.3 is 0 Å². The summed E-state index contributed by atoms with van der Waals surface area (Å²) in [6.07, 6.45) is 0. The highest BCUT2D eigenvalue weighted by Crippen LogP contribution is 2.46. The van der Waals surface area contributed by atoms with Crippen LogP contribution < -0.4 is 4.90 Å². The molecule has 10 rings (SSSR count). The van der Waals surface area contributed by atoms with E-state index in [1.165, 1.54) is 73.4 Å². The van der Waals surface area contributed by atoms with E-state index in [0.717, 1.165) is 17.1 Å². The van der Waals surface area contributed by atoms with Crippen LogP contribution >= 0.6 is 22.7 Å². The molecule has 0 bridgehead atoms. The number of fused-ring (bicyclic) bond motifs is 8. The second-order valence-corrected chi connectivity index (χ2v) is 14.6. The van der Waals surface area contributed by atoms with Crippen LogP contribution in [-0.2, 0) is 0 Å². The van der Waals surface area contributed by atoms with Crippen molar-refractivity contribution in [1.82, 2.24) is 0 Å². The maximum absolute atomic E-state index is 2.42. The summed E-state index contributed by atoms with van der Waals surface area (Å²) in [5, 5.41) is 7.90. The molecule has 0 amide bonds. The van der Waals surface area contributed by atoms with E-state index in [1.807, 2.05) is 22.7 Å². The van der Waals surface area contributed by atoms with Gasteiger partial charge in [-0.3, -0.25) is 0 Å². The van der Waals surface area contributed by atoms with Crippen LogP contribution in [0.3, 0.4) is 0 Å².